The van der Waals surface area contributed by atoms with Gasteiger partial charge in [-0.3, -0.25) is 0 Å². The third-order valence-electron chi connectivity index (χ3n) is 9.09. The molecule has 1 aromatic carbocycles. The van der Waals surface area contributed by atoms with E-state index in [-0.39, 0.29) is 17.4 Å². The van der Waals surface area contributed by atoms with Crippen LogP contribution in [0, 0.1) is 29.6 Å². The highest BCUT2D eigenvalue weighted by atomic mass is 19.3. The highest BCUT2D eigenvalue weighted by Crippen LogP contribution is 2.49. The third kappa shape index (κ3) is 5.35. The second kappa shape index (κ2) is 9.87. The molecule has 3 aliphatic carbocycles. The van der Waals surface area contributed by atoms with Crippen molar-refractivity contribution in [2.75, 3.05) is 17.2 Å². The smallest absolute Gasteiger partial charge is 0.400 e. The van der Waals surface area contributed by atoms with Gasteiger partial charge in [-0.05, 0) is 81.0 Å². The van der Waals surface area contributed by atoms with E-state index in [1.54, 1.807) is 0 Å². The second-order valence-electron chi connectivity index (χ2n) is 11.5. The minimum Gasteiger partial charge on any atom is -0.430 e. The molecule has 0 unspecified atom stereocenters. The van der Waals surface area contributed by atoms with Crippen LogP contribution in [0.2, 0.25) is 0 Å². The molecule has 3 fully saturated rings. The summed E-state index contributed by atoms with van der Waals surface area (Å²) in [5, 5.41) is 0. The predicted octanol–water partition coefficient (Wildman–Crippen LogP) is 7.33. The van der Waals surface area contributed by atoms with Gasteiger partial charge in [-0.15, -0.1) is 0 Å². The standard InChI is InChI=1S/C27H43F2N3O/c1-16-3-7-18(8-4-16)19-11-13-21(14-12-19)27(28,29)33-23-15-22(30)24(26(32)25(23)31)20-9-5-17(2)6-10-20/h15-21H,3-14,30-32H2,1-2H3. The van der Waals surface area contributed by atoms with E-state index in [0.29, 0.717) is 42.0 Å². The van der Waals surface area contributed by atoms with E-state index in [4.69, 9.17) is 21.9 Å². The maximum absolute atomic E-state index is 15.2. The Balaban J connectivity index is 1.40. The van der Waals surface area contributed by atoms with E-state index >= 15 is 8.78 Å². The van der Waals surface area contributed by atoms with Crippen molar-refractivity contribution < 1.29 is 13.5 Å². The number of ether oxygens (including phenoxy) is 1. The number of nitrogen functional groups attached to an aromatic ring is 3. The Morgan fingerprint density at radius 2 is 1.21 bits per heavy atom. The number of hydrogen-bond donors (Lipinski definition) is 3. The van der Waals surface area contributed by atoms with Crippen molar-refractivity contribution in [1.29, 1.82) is 0 Å². The van der Waals surface area contributed by atoms with Gasteiger partial charge in [-0.2, -0.15) is 8.78 Å². The first-order valence-electron chi connectivity index (χ1n) is 13.2. The average molecular weight is 464 g/mol. The lowest BCUT2D eigenvalue weighted by atomic mass is 9.69. The summed E-state index contributed by atoms with van der Waals surface area (Å²) in [4.78, 5) is 0. The normalized spacial score (nSPS) is 33.6. The molecule has 4 nitrogen and oxygen atoms in total. The fraction of sp³-hybridized carbons (Fsp3) is 0.778. The molecule has 0 saturated heterocycles. The van der Waals surface area contributed by atoms with Gasteiger partial charge >= 0.3 is 6.11 Å². The summed E-state index contributed by atoms with van der Waals surface area (Å²) in [6, 6.07) is 1.47. The molecule has 0 aromatic heterocycles. The number of nitrogens with two attached hydrogens (primary N) is 3. The third-order valence-corrected chi connectivity index (χ3v) is 9.09. The van der Waals surface area contributed by atoms with Crippen LogP contribution in [0.15, 0.2) is 6.07 Å². The molecule has 0 spiro atoms. The van der Waals surface area contributed by atoms with Crippen LogP contribution in [0.4, 0.5) is 25.8 Å². The Kier molecular flexibility index (Phi) is 7.30. The molecular weight excluding hydrogens is 420 g/mol. The largest absolute Gasteiger partial charge is 0.430 e. The van der Waals surface area contributed by atoms with Crippen molar-refractivity contribution in [3.05, 3.63) is 11.6 Å². The predicted molar refractivity (Wildman–Crippen MR) is 132 cm³/mol. The fourth-order valence-corrected chi connectivity index (χ4v) is 6.73. The summed E-state index contributed by atoms with van der Waals surface area (Å²) in [6.07, 6.45) is 8.72. The highest BCUT2D eigenvalue weighted by molar-refractivity contribution is 5.81. The summed E-state index contributed by atoms with van der Waals surface area (Å²) in [6.45, 7) is 4.57. The molecule has 6 N–H and O–H groups in total. The van der Waals surface area contributed by atoms with Gasteiger partial charge in [-0.25, -0.2) is 0 Å². The molecule has 3 saturated carbocycles. The van der Waals surface area contributed by atoms with Gasteiger partial charge in [0.25, 0.3) is 0 Å². The lowest BCUT2D eigenvalue weighted by Crippen LogP contribution is -2.38. The number of hydrogen-bond acceptors (Lipinski definition) is 4. The van der Waals surface area contributed by atoms with E-state index in [0.717, 1.165) is 50.0 Å². The van der Waals surface area contributed by atoms with Gasteiger partial charge in [0.2, 0.25) is 0 Å². The number of alkyl halides is 2. The SMILES string of the molecule is CC1CCC(c2c(N)cc(OC(F)(F)C3CCC(C4CCC(C)CC4)CC3)c(N)c2N)CC1. The van der Waals surface area contributed by atoms with Gasteiger partial charge in [0.1, 0.15) is 0 Å². The van der Waals surface area contributed by atoms with Crippen molar-refractivity contribution in [3.63, 3.8) is 0 Å². The van der Waals surface area contributed by atoms with Crippen molar-refractivity contribution in [3.8, 4) is 5.75 Å². The number of anilines is 3. The van der Waals surface area contributed by atoms with Crippen molar-refractivity contribution in [2.45, 2.75) is 103 Å². The van der Waals surface area contributed by atoms with Gasteiger partial charge in [0.05, 0.1) is 17.3 Å². The fourth-order valence-electron chi connectivity index (χ4n) is 6.73. The van der Waals surface area contributed by atoms with Crippen molar-refractivity contribution in [1.82, 2.24) is 0 Å². The Morgan fingerprint density at radius 1 is 0.727 bits per heavy atom. The van der Waals surface area contributed by atoms with Crippen LogP contribution in [0.3, 0.4) is 0 Å². The molecule has 6 heteroatoms. The maximum Gasteiger partial charge on any atom is 0.400 e. The summed E-state index contributed by atoms with van der Waals surface area (Å²) in [5.74, 6) is 2.16. The Bertz CT molecular complexity index is 806. The zero-order valence-corrected chi connectivity index (χ0v) is 20.4. The van der Waals surface area contributed by atoms with Gasteiger partial charge in [0.15, 0.2) is 5.75 Å². The number of halogens is 2. The van der Waals surface area contributed by atoms with Gasteiger partial charge in [-0.1, -0.05) is 39.5 Å². The molecule has 33 heavy (non-hydrogen) atoms. The molecular formula is C27H43F2N3O. The van der Waals surface area contributed by atoms with E-state index < -0.39 is 12.0 Å². The Hall–Kier alpha value is -1.72. The number of benzene rings is 1. The first-order chi connectivity index (χ1) is 15.7. The monoisotopic (exact) mass is 463 g/mol. The van der Waals surface area contributed by atoms with Crippen LogP contribution < -0.4 is 21.9 Å². The van der Waals surface area contributed by atoms with Crippen LogP contribution in [0.1, 0.15) is 102 Å². The van der Waals surface area contributed by atoms with E-state index in [2.05, 4.69) is 13.8 Å². The summed E-state index contributed by atoms with van der Waals surface area (Å²) in [5.41, 5.74) is 20.5. The number of rotatable bonds is 5. The topological polar surface area (TPSA) is 87.3 Å². The highest BCUT2D eigenvalue weighted by Gasteiger charge is 2.45. The quantitative estimate of drug-likeness (QED) is 0.399. The van der Waals surface area contributed by atoms with Crippen LogP contribution in [0.25, 0.3) is 0 Å². The van der Waals surface area contributed by atoms with E-state index in [9.17, 15) is 0 Å². The molecule has 0 bridgehead atoms. The average Bonchev–Trinajstić information content (AvgIpc) is 2.79. The molecule has 0 radical (unpaired) electrons. The second-order valence-corrected chi connectivity index (χ2v) is 11.5. The lowest BCUT2D eigenvalue weighted by molar-refractivity contribution is -0.224. The lowest BCUT2D eigenvalue weighted by Gasteiger charge is -2.39. The molecule has 0 atom stereocenters. The Labute approximate surface area is 198 Å². The van der Waals surface area contributed by atoms with Crippen molar-refractivity contribution >= 4 is 17.1 Å². The first kappa shape index (κ1) is 24.4. The zero-order chi connectivity index (χ0) is 23.8. The Morgan fingerprint density at radius 3 is 1.76 bits per heavy atom. The van der Waals surface area contributed by atoms with Crippen LogP contribution in [0.5, 0.6) is 5.75 Å². The van der Waals surface area contributed by atoms with Crippen LogP contribution in [-0.2, 0) is 0 Å². The zero-order valence-electron chi connectivity index (χ0n) is 20.4. The first-order valence-corrected chi connectivity index (χ1v) is 13.2. The molecule has 3 aliphatic rings. The van der Waals surface area contributed by atoms with Crippen LogP contribution in [-0.4, -0.2) is 6.11 Å². The summed E-state index contributed by atoms with van der Waals surface area (Å²) in [7, 11) is 0. The molecule has 0 aliphatic heterocycles. The van der Waals surface area contributed by atoms with Gasteiger partial charge in [0, 0.05) is 17.3 Å². The summed E-state index contributed by atoms with van der Waals surface area (Å²) >= 11 is 0. The molecule has 186 valence electrons. The summed E-state index contributed by atoms with van der Waals surface area (Å²) < 4.78 is 35.7. The molecule has 1 aromatic rings. The molecule has 4 rings (SSSR count). The van der Waals surface area contributed by atoms with E-state index in [1.807, 2.05) is 0 Å². The minimum atomic E-state index is -3.28. The maximum atomic E-state index is 15.2. The molecule has 0 heterocycles. The molecule has 0 amide bonds. The van der Waals surface area contributed by atoms with E-state index in [1.165, 1.54) is 31.7 Å². The minimum absolute atomic E-state index is 0.0775. The van der Waals surface area contributed by atoms with Crippen LogP contribution >= 0.6 is 0 Å². The van der Waals surface area contributed by atoms with Gasteiger partial charge < -0.3 is 21.9 Å². The van der Waals surface area contributed by atoms with Crippen molar-refractivity contribution in [2.24, 2.45) is 29.6 Å².